The Labute approximate surface area is 404 Å². The number of benzene rings is 2. The molecule has 1 spiro atoms. The lowest BCUT2D eigenvalue weighted by atomic mass is 9.71. The molecule has 3 N–H and O–H groups in total. The number of amides is 5. The predicted octanol–water partition coefficient (Wildman–Crippen LogP) is 4.18. The highest BCUT2D eigenvalue weighted by atomic mass is 32.2. The number of anilines is 2. The van der Waals surface area contributed by atoms with Crippen molar-refractivity contribution in [3.63, 3.8) is 0 Å². The van der Waals surface area contributed by atoms with Gasteiger partial charge in [-0.3, -0.25) is 39.1 Å². The van der Waals surface area contributed by atoms with Crippen LogP contribution in [0.5, 0.6) is 11.5 Å². The number of para-hydroxylation sites is 1. The van der Waals surface area contributed by atoms with Gasteiger partial charge in [-0.15, -0.1) is 0 Å². The Hall–Kier alpha value is -5.50. The van der Waals surface area contributed by atoms with E-state index in [1.807, 2.05) is 24.3 Å². The molecular formula is C50H66N10O8S. The Morgan fingerprint density at radius 1 is 0.812 bits per heavy atom. The molecule has 1 atom stereocenters. The Morgan fingerprint density at radius 2 is 1.54 bits per heavy atom. The first-order valence-electron chi connectivity index (χ1n) is 24.9. The number of unbranched alkanes of at least 4 members (excludes halogenated alkanes) is 4. The molecule has 1 aromatic heterocycles. The molecule has 4 saturated heterocycles. The third kappa shape index (κ3) is 11.6. The number of carbonyl (C=O) groups excluding carboxylic acids is 5. The molecule has 3 aromatic rings. The summed E-state index contributed by atoms with van der Waals surface area (Å²) in [6.07, 6.45) is 16.1. The molecule has 6 heterocycles. The van der Waals surface area contributed by atoms with E-state index >= 15 is 0 Å². The highest BCUT2D eigenvalue weighted by Gasteiger charge is 2.47. The van der Waals surface area contributed by atoms with E-state index in [9.17, 15) is 32.4 Å². The van der Waals surface area contributed by atoms with Crippen molar-refractivity contribution in [2.45, 2.75) is 95.6 Å². The molecule has 1 aliphatic carbocycles. The minimum absolute atomic E-state index is 0.0705. The molecule has 370 valence electrons. The van der Waals surface area contributed by atoms with Crippen LogP contribution in [0.1, 0.15) is 115 Å². The number of carbonyl (C=O) groups is 5. The summed E-state index contributed by atoms with van der Waals surface area (Å²) in [5.41, 5.74) is 2.19. The molecule has 1 unspecified atom stereocenters. The van der Waals surface area contributed by atoms with Crippen molar-refractivity contribution < 1.29 is 37.1 Å². The van der Waals surface area contributed by atoms with E-state index in [1.54, 1.807) is 30.7 Å². The Bertz CT molecular complexity index is 2490. The molecule has 5 fully saturated rings. The highest BCUT2D eigenvalue weighted by Crippen LogP contribution is 2.45. The molecule has 2 aromatic carbocycles. The first-order chi connectivity index (χ1) is 33.3. The maximum atomic E-state index is 13.4. The lowest BCUT2D eigenvalue weighted by molar-refractivity contribution is -0.136. The Morgan fingerprint density at radius 3 is 2.29 bits per heavy atom. The number of nitrogens with zero attached hydrogens (tertiary/aromatic N) is 7. The summed E-state index contributed by atoms with van der Waals surface area (Å²) < 4.78 is 32.5. The van der Waals surface area contributed by atoms with Crippen molar-refractivity contribution in [3.05, 3.63) is 71.7 Å². The lowest BCUT2D eigenvalue weighted by Gasteiger charge is -2.54. The molecule has 6 aliphatic rings. The van der Waals surface area contributed by atoms with Gasteiger partial charge in [0.1, 0.15) is 18.1 Å². The van der Waals surface area contributed by atoms with Gasteiger partial charge in [-0.2, -0.15) is 0 Å². The zero-order chi connectivity index (χ0) is 48.1. The Balaban J connectivity index is 0.652. The van der Waals surface area contributed by atoms with Gasteiger partial charge in [-0.25, -0.2) is 23.1 Å². The normalized spacial score (nSPS) is 23.2. The number of likely N-dealkylation sites (tertiary alicyclic amines) is 1. The van der Waals surface area contributed by atoms with Gasteiger partial charge in [0.05, 0.1) is 29.1 Å². The largest absolute Gasteiger partial charge is 0.451 e. The number of piperidine rings is 2. The van der Waals surface area contributed by atoms with Crippen LogP contribution in [-0.4, -0.2) is 153 Å². The second-order valence-electron chi connectivity index (χ2n) is 20.1. The second-order valence-corrected chi connectivity index (χ2v) is 21.9. The fourth-order valence-electron chi connectivity index (χ4n) is 11.2. The van der Waals surface area contributed by atoms with Gasteiger partial charge in [-0.1, -0.05) is 31.4 Å². The number of hydrogen-bond acceptors (Lipinski definition) is 14. The quantitative estimate of drug-likeness (QED) is 0.121. The molecule has 9 rings (SSSR count). The van der Waals surface area contributed by atoms with Gasteiger partial charge in [-0.05, 0) is 114 Å². The summed E-state index contributed by atoms with van der Waals surface area (Å²) in [7, 11) is -3.16. The van der Waals surface area contributed by atoms with E-state index < -0.39 is 39.7 Å². The van der Waals surface area contributed by atoms with Gasteiger partial charge in [0.15, 0.2) is 11.6 Å². The molecule has 5 amide bonds. The zero-order valence-electron chi connectivity index (χ0n) is 39.7. The monoisotopic (exact) mass is 966 g/mol. The average Bonchev–Trinajstić information content (AvgIpc) is 3.57. The van der Waals surface area contributed by atoms with Gasteiger partial charge in [0, 0.05) is 75.9 Å². The summed E-state index contributed by atoms with van der Waals surface area (Å²) in [5, 5.41) is 5.34. The van der Waals surface area contributed by atoms with E-state index in [4.69, 9.17) is 4.74 Å². The molecular weight excluding hydrogens is 901 g/mol. The molecule has 1 saturated carbocycles. The Kier molecular flexibility index (Phi) is 14.9. The lowest BCUT2D eigenvalue weighted by Crippen LogP contribution is -2.61. The fourth-order valence-corrected chi connectivity index (χ4v) is 12.1. The van der Waals surface area contributed by atoms with E-state index in [0.29, 0.717) is 40.7 Å². The fraction of sp³-hybridized carbons (Fsp3) is 0.580. The number of ether oxygens (including phenoxy) is 1. The van der Waals surface area contributed by atoms with E-state index in [2.05, 4.69) is 44.9 Å². The van der Waals surface area contributed by atoms with Crippen LogP contribution in [0, 0.1) is 11.3 Å². The van der Waals surface area contributed by atoms with Crippen LogP contribution in [-0.2, 0) is 19.6 Å². The number of piperazine rings is 1. The van der Waals surface area contributed by atoms with Crippen molar-refractivity contribution in [2.24, 2.45) is 11.3 Å². The molecule has 0 bridgehead atoms. The summed E-state index contributed by atoms with van der Waals surface area (Å²) in [6.45, 7) is 9.98. The number of fused-ring (bicyclic) bond motifs is 1. The van der Waals surface area contributed by atoms with Gasteiger partial charge >= 0.3 is 0 Å². The maximum absolute atomic E-state index is 13.4. The third-order valence-electron chi connectivity index (χ3n) is 15.1. The van der Waals surface area contributed by atoms with Gasteiger partial charge in [0.2, 0.25) is 21.8 Å². The first-order valence-corrected chi connectivity index (χ1v) is 26.8. The smallest absolute Gasteiger partial charge is 0.262 e. The van der Waals surface area contributed by atoms with Crippen molar-refractivity contribution in [1.29, 1.82) is 0 Å². The third-order valence-corrected chi connectivity index (χ3v) is 15.9. The predicted molar refractivity (Wildman–Crippen MR) is 260 cm³/mol. The van der Waals surface area contributed by atoms with Crippen molar-refractivity contribution in [3.8, 4) is 11.5 Å². The van der Waals surface area contributed by atoms with Crippen molar-refractivity contribution in [1.82, 2.24) is 40.0 Å². The van der Waals surface area contributed by atoms with Crippen LogP contribution >= 0.6 is 0 Å². The van der Waals surface area contributed by atoms with Crippen LogP contribution in [0.2, 0.25) is 0 Å². The number of hydrogen-bond donors (Lipinski definition) is 3. The molecule has 0 radical (unpaired) electrons. The minimum atomic E-state index is -3.16. The zero-order valence-corrected chi connectivity index (χ0v) is 40.5. The van der Waals surface area contributed by atoms with Crippen molar-refractivity contribution >= 4 is 51.1 Å². The summed E-state index contributed by atoms with van der Waals surface area (Å²) in [5.74, 6) is 0.196. The molecule has 69 heavy (non-hydrogen) atoms. The molecule has 5 aliphatic heterocycles. The summed E-state index contributed by atoms with van der Waals surface area (Å²) >= 11 is 0. The second kappa shape index (κ2) is 21.2. The standard InChI is InChI=1S/C50H66N10O8S/c1-69(66,67)55-36-13-11-35(12-14-36)31-57-23-19-50(20-24-57)32-59(33-50)45-43(30-51-34-53-45)68-42-10-6-5-9-39(42)46(62)52-21-7-3-2-4-8-22-56-25-27-58(28-26-56)37-15-16-38-40(29-37)49(65)60(48(38)64)41-17-18-44(61)54-47(41)63/h5-6,9-10,15-16,29-30,34-36,41,55H,2-4,7-8,11-14,17-28,31-33H2,1H3,(H,52,62)(H,54,61,63). The SMILES string of the molecule is CS(=O)(=O)NC1CCC(CN2CCC3(CC2)CN(c2ncncc2Oc2ccccc2C(=O)NCCCCCCCN2CCN(c4ccc5c(c4)C(=O)N(C4CCC(=O)NC4=O)C5=O)CC2)C3)CC1. The van der Waals surface area contributed by atoms with E-state index in [0.717, 1.165) is 152 Å². The minimum Gasteiger partial charge on any atom is -0.451 e. The summed E-state index contributed by atoms with van der Waals surface area (Å²) in [6, 6.07) is 11.7. The van der Waals surface area contributed by atoms with Crippen LogP contribution in [0.15, 0.2) is 55.0 Å². The van der Waals surface area contributed by atoms with Crippen LogP contribution in [0.4, 0.5) is 11.5 Å². The van der Waals surface area contributed by atoms with Crippen LogP contribution in [0.25, 0.3) is 0 Å². The van der Waals surface area contributed by atoms with Crippen LogP contribution in [0.3, 0.4) is 0 Å². The average molecular weight is 967 g/mol. The van der Waals surface area contributed by atoms with Crippen LogP contribution < -0.4 is 29.9 Å². The summed E-state index contributed by atoms with van der Waals surface area (Å²) in [4.78, 5) is 83.4. The number of imide groups is 2. The van der Waals surface area contributed by atoms with E-state index in [1.165, 1.54) is 6.26 Å². The number of sulfonamides is 1. The first kappa shape index (κ1) is 48.5. The number of aromatic nitrogens is 2. The maximum Gasteiger partial charge on any atom is 0.262 e. The van der Waals surface area contributed by atoms with E-state index in [-0.39, 0.29) is 30.2 Å². The van der Waals surface area contributed by atoms with Gasteiger partial charge < -0.3 is 24.8 Å². The van der Waals surface area contributed by atoms with Crippen molar-refractivity contribution in [2.75, 3.05) is 88.0 Å². The van der Waals surface area contributed by atoms with Gasteiger partial charge in [0.25, 0.3) is 17.7 Å². The molecule has 18 nitrogen and oxygen atoms in total. The topological polar surface area (TPSA) is 207 Å². The highest BCUT2D eigenvalue weighted by molar-refractivity contribution is 7.88. The molecule has 19 heteroatoms. The number of rotatable bonds is 18. The number of nitrogens with one attached hydrogen (secondary N) is 3.